The van der Waals surface area contributed by atoms with Crippen molar-refractivity contribution in [1.29, 1.82) is 0 Å². The number of methoxy groups -OCH3 is 1. The van der Waals surface area contributed by atoms with E-state index in [1.807, 2.05) is 35.7 Å². The summed E-state index contributed by atoms with van der Waals surface area (Å²) in [6.45, 7) is 4.12. The van der Waals surface area contributed by atoms with Gasteiger partial charge >= 0.3 is 11.7 Å². The maximum Gasteiger partial charge on any atom is 0.316 e. The lowest BCUT2D eigenvalue weighted by Gasteiger charge is -2.39. The normalized spacial score (nSPS) is 20.2. The highest BCUT2D eigenvalue weighted by atomic mass is 32.1. The van der Waals surface area contributed by atoms with Gasteiger partial charge in [0.2, 0.25) is 5.75 Å². The van der Waals surface area contributed by atoms with Crippen molar-refractivity contribution >= 4 is 28.8 Å². The van der Waals surface area contributed by atoms with E-state index in [0.717, 1.165) is 4.88 Å². The number of carbonyl (C=O) groups excluding carboxylic acids is 2. The second-order valence-electron chi connectivity index (χ2n) is 9.72. The van der Waals surface area contributed by atoms with Crippen molar-refractivity contribution in [3.63, 3.8) is 0 Å². The Morgan fingerprint density at radius 1 is 1.17 bits per heavy atom. The maximum absolute atomic E-state index is 13.7. The van der Waals surface area contributed by atoms with E-state index in [2.05, 4.69) is 11.9 Å². The van der Waals surface area contributed by atoms with Crippen molar-refractivity contribution in [2.24, 2.45) is 5.92 Å². The Labute approximate surface area is 240 Å². The van der Waals surface area contributed by atoms with Crippen LogP contribution in [0.4, 0.5) is 5.69 Å². The predicted molar refractivity (Wildman–Crippen MR) is 151 cm³/mol. The number of para-hydroxylation sites is 1. The number of Topliss-reactive ketones (excluding diaryl/α,β-unsaturated/α-hetero) is 1. The number of thiophene rings is 1. The molecule has 2 aliphatic rings. The molecule has 5 rings (SSSR count). The number of hydrogen-bond acceptors (Lipinski definition) is 10. The third kappa shape index (κ3) is 5.66. The molecule has 2 aromatic carbocycles. The number of rotatable bonds is 9. The van der Waals surface area contributed by atoms with E-state index in [1.54, 1.807) is 23.5 Å². The van der Waals surface area contributed by atoms with Crippen molar-refractivity contribution in [3.8, 4) is 17.2 Å². The van der Waals surface area contributed by atoms with Crippen LogP contribution in [-0.4, -0.2) is 42.1 Å². The number of benzene rings is 2. The van der Waals surface area contributed by atoms with Crippen molar-refractivity contribution in [1.82, 2.24) is 5.32 Å². The molecule has 0 fully saturated rings. The van der Waals surface area contributed by atoms with Gasteiger partial charge in [-0.05, 0) is 41.6 Å². The van der Waals surface area contributed by atoms with Crippen LogP contribution >= 0.6 is 11.3 Å². The Kier molecular flexibility index (Phi) is 8.06. The van der Waals surface area contributed by atoms with Gasteiger partial charge in [-0.25, -0.2) is 0 Å². The number of carbonyl (C=O) groups is 2. The summed E-state index contributed by atoms with van der Waals surface area (Å²) in [5.74, 6) is -3.11. The van der Waals surface area contributed by atoms with E-state index >= 15 is 0 Å². The number of aromatic hydroxyl groups is 1. The third-order valence-corrected chi connectivity index (χ3v) is 8.27. The highest BCUT2D eigenvalue weighted by Gasteiger charge is 2.46. The summed E-state index contributed by atoms with van der Waals surface area (Å²) in [5.41, 5.74) is 0.910. The zero-order chi connectivity index (χ0) is 29.1. The first kappa shape index (κ1) is 27.9. The lowest BCUT2D eigenvalue weighted by molar-refractivity contribution is -0.386. The lowest BCUT2D eigenvalue weighted by Crippen LogP contribution is -2.42. The smallest absolute Gasteiger partial charge is 0.316 e. The van der Waals surface area contributed by atoms with Gasteiger partial charge in [0.05, 0.1) is 12.0 Å². The molecule has 0 saturated heterocycles. The number of nitrogens with one attached hydrogen (secondary N) is 1. The molecule has 41 heavy (non-hydrogen) atoms. The average molecular weight is 577 g/mol. The number of nitro benzene ring substituents is 1. The van der Waals surface area contributed by atoms with Gasteiger partial charge in [-0.15, -0.1) is 11.3 Å². The molecule has 1 aromatic heterocycles. The van der Waals surface area contributed by atoms with E-state index in [-0.39, 0.29) is 42.6 Å². The molecule has 2 heterocycles. The largest absolute Gasteiger partial charge is 0.500 e. The van der Waals surface area contributed by atoms with Gasteiger partial charge in [-0.2, -0.15) is 0 Å². The minimum Gasteiger partial charge on any atom is -0.500 e. The monoisotopic (exact) mass is 576 g/mol. The molecule has 1 aliphatic heterocycles. The number of nitrogens with zero attached hydrogens (tertiary/aromatic N) is 1. The quantitative estimate of drug-likeness (QED) is 0.152. The van der Waals surface area contributed by atoms with Crippen LogP contribution in [0.5, 0.6) is 17.2 Å². The Bertz CT molecular complexity index is 1520. The van der Waals surface area contributed by atoms with E-state index in [4.69, 9.17) is 14.2 Å². The minimum atomic E-state index is -1.08. The highest BCUT2D eigenvalue weighted by Crippen LogP contribution is 2.50. The molecular formula is C30H28N2O8S. The summed E-state index contributed by atoms with van der Waals surface area (Å²) in [5, 5.41) is 27.3. The van der Waals surface area contributed by atoms with E-state index in [9.17, 15) is 24.8 Å². The molecule has 0 radical (unpaired) electrons. The van der Waals surface area contributed by atoms with E-state index in [0.29, 0.717) is 29.1 Å². The van der Waals surface area contributed by atoms with Crippen molar-refractivity contribution in [3.05, 3.63) is 104 Å². The Balaban J connectivity index is 1.51. The second kappa shape index (κ2) is 11.8. The predicted octanol–water partition coefficient (Wildman–Crippen LogP) is 5.21. The fraction of sp³-hybridized carbons (Fsp3) is 0.267. The first-order valence-electron chi connectivity index (χ1n) is 12.9. The molecule has 212 valence electrons. The summed E-state index contributed by atoms with van der Waals surface area (Å²) in [6.07, 6.45) is 0.717. The van der Waals surface area contributed by atoms with Crippen LogP contribution in [0.15, 0.2) is 83.5 Å². The Morgan fingerprint density at radius 3 is 2.63 bits per heavy atom. The number of ether oxygens (including phenoxy) is 3. The molecule has 3 atom stereocenters. The van der Waals surface area contributed by atoms with Gasteiger partial charge in [0.15, 0.2) is 11.5 Å². The third-order valence-electron chi connectivity index (χ3n) is 7.23. The van der Waals surface area contributed by atoms with Crippen LogP contribution in [-0.2, 0) is 14.3 Å². The van der Waals surface area contributed by atoms with E-state index in [1.165, 1.54) is 19.2 Å². The first-order valence-corrected chi connectivity index (χ1v) is 13.8. The van der Waals surface area contributed by atoms with Crippen LogP contribution < -0.4 is 14.8 Å². The van der Waals surface area contributed by atoms with Crippen LogP contribution in [0.3, 0.4) is 0 Å². The molecule has 3 aromatic rings. The number of hydrogen-bond donors (Lipinski definition) is 2. The Morgan fingerprint density at radius 2 is 1.95 bits per heavy atom. The maximum atomic E-state index is 13.7. The number of ketones is 1. The van der Waals surface area contributed by atoms with E-state index < -0.39 is 34.2 Å². The average Bonchev–Trinajstić information content (AvgIpc) is 3.50. The minimum absolute atomic E-state index is 0.0514. The topological polar surface area (TPSA) is 137 Å². The van der Waals surface area contributed by atoms with Crippen LogP contribution in [0.25, 0.3) is 0 Å². The van der Waals surface area contributed by atoms with Gasteiger partial charge in [0, 0.05) is 46.2 Å². The van der Waals surface area contributed by atoms with Crippen LogP contribution in [0.2, 0.25) is 0 Å². The van der Waals surface area contributed by atoms with Crippen molar-refractivity contribution in [2.45, 2.75) is 24.7 Å². The van der Waals surface area contributed by atoms with Crippen molar-refractivity contribution < 1.29 is 33.8 Å². The fourth-order valence-electron chi connectivity index (χ4n) is 5.41. The summed E-state index contributed by atoms with van der Waals surface area (Å²) in [4.78, 5) is 39.4. The van der Waals surface area contributed by atoms with Crippen LogP contribution in [0, 0.1) is 16.0 Å². The standard InChI is InChI=1S/C30H28N2O8S/c1-17-26(30(35)40-11-10-39-20-7-4-3-5-8-20)27(19-14-22(32(36)37)29(34)24(16-19)38-2)28-21(31-17)13-18(15-23(28)33)25-9-6-12-41-25/h3-9,12,14,16,18,26-27,31,34H,1,10-11,13,15H2,2H3. The molecule has 3 unspecified atom stereocenters. The summed E-state index contributed by atoms with van der Waals surface area (Å²) in [6, 6.07) is 15.6. The first-order chi connectivity index (χ1) is 19.8. The number of phenolic OH excluding ortho intramolecular Hbond substituents is 1. The summed E-state index contributed by atoms with van der Waals surface area (Å²) in [7, 11) is 1.27. The summed E-state index contributed by atoms with van der Waals surface area (Å²) >= 11 is 1.57. The lowest BCUT2D eigenvalue weighted by atomic mass is 9.69. The zero-order valence-electron chi connectivity index (χ0n) is 22.2. The molecule has 0 bridgehead atoms. The molecule has 0 amide bonds. The fourth-order valence-corrected chi connectivity index (χ4v) is 6.24. The second-order valence-corrected chi connectivity index (χ2v) is 10.7. The number of nitro groups is 1. The van der Waals surface area contributed by atoms with Gasteiger partial charge in [-0.3, -0.25) is 19.7 Å². The van der Waals surface area contributed by atoms with Gasteiger partial charge in [0.1, 0.15) is 24.9 Å². The van der Waals surface area contributed by atoms with Gasteiger partial charge < -0.3 is 24.6 Å². The molecule has 1 aliphatic carbocycles. The molecule has 2 N–H and O–H groups in total. The molecule has 0 spiro atoms. The van der Waals surface area contributed by atoms with Crippen molar-refractivity contribution in [2.75, 3.05) is 20.3 Å². The number of phenols is 1. The molecule has 10 nitrogen and oxygen atoms in total. The van der Waals surface area contributed by atoms with Crippen LogP contribution in [0.1, 0.15) is 35.1 Å². The zero-order valence-corrected chi connectivity index (χ0v) is 23.0. The van der Waals surface area contributed by atoms with Gasteiger partial charge in [-0.1, -0.05) is 30.8 Å². The van der Waals surface area contributed by atoms with Gasteiger partial charge in [0.25, 0.3) is 0 Å². The molecule has 11 heteroatoms. The Hall–Kier alpha value is -4.64. The number of esters is 1. The molecule has 0 saturated carbocycles. The molecular weight excluding hydrogens is 548 g/mol. The number of allylic oxidation sites excluding steroid dienone is 2. The highest BCUT2D eigenvalue weighted by molar-refractivity contribution is 7.10. The SMILES string of the molecule is C=C1NC2=C(C(=O)CC(c3cccs3)C2)C(c2cc(OC)c(O)c([N+](=O)[O-])c2)C1C(=O)OCCOc1ccccc1. The summed E-state index contributed by atoms with van der Waals surface area (Å²) < 4.78 is 16.4.